The number of anilines is 1. The quantitative estimate of drug-likeness (QED) is 0.551. The SMILES string of the molecule is CN=C(NCCc1c(OC)cc(OC)cc1OC)N1CCN(c2cccs2)CC1. The average molecular weight is 419 g/mol. The number of thiophene rings is 1. The largest absolute Gasteiger partial charge is 0.496 e. The van der Waals surface area contributed by atoms with E-state index < -0.39 is 0 Å². The molecule has 0 amide bonds. The molecule has 1 aromatic heterocycles. The second-order valence-electron chi connectivity index (χ2n) is 6.66. The fourth-order valence-electron chi connectivity index (χ4n) is 3.54. The van der Waals surface area contributed by atoms with E-state index in [0.29, 0.717) is 0 Å². The van der Waals surface area contributed by atoms with Crippen molar-refractivity contribution in [1.82, 2.24) is 10.2 Å². The summed E-state index contributed by atoms with van der Waals surface area (Å²) in [6.45, 7) is 4.64. The third-order valence-electron chi connectivity index (χ3n) is 5.08. The van der Waals surface area contributed by atoms with Gasteiger partial charge in [0.2, 0.25) is 0 Å². The summed E-state index contributed by atoms with van der Waals surface area (Å²) >= 11 is 1.79. The lowest BCUT2D eigenvalue weighted by molar-refractivity contribution is 0.366. The molecule has 1 aliphatic rings. The Hall–Kier alpha value is -2.61. The molecule has 0 atom stereocenters. The van der Waals surface area contributed by atoms with E-state index in [1.54, 1.807) is 32.7 Å². The van der Waals surface area contributed by atoms with Gasteiger partial charge in [0, 0.05) is 57.5 Å². The second kappa shape index (κ2) is 10.2. The van der Waals surface area contributed by atoms with Crippen molar-refractivity contribution < 1.29 is 14.2 Å². The van der Waals surface area contributed by atoms with Crippen molar-refractivity contribution in [2.45, 2.75) is 6.42 Å². The van der Waals surface area contributed by atoms with Crippen molar-refractivity contribution in [2.75, 3.05) is 66.0 Å². The van der Waals surface area contributed by atoms with Crippen LogP contribution in [0.1, 0.15) is 5.56 Å². The van der Waals surface area contributed by atoms with E-state index in [0.717, 1.165) is 67.9 Å². The first kappa shape index (κ1) is 21.1. The van der Waals surface area contributed by atoms with E-state index in [2.05, 4.69) is 37.6 Å². The van der Waals surface area contributed by atoms with Gasteiger partial charge in [-0.1, -0.05) is 0 Å². The molecule has 1 aliphatic heterocycles. The second-order valence-corrected chi connectivity index (χ2v) is 7.59. The highest BCUT2D eigenvalue weighted by molar-refractivity contribution is 7.14. The van der Waals surface area contributed by atoms with Crippen molar-refractivity contribution in [3.63, 3.8) is 0 Å². The zero-order valence-corrected chi connectivity index (χ0v) is 18.4. The molecular weight excluding hydrogens is 388 g/mol. The first-order valence-corrected chi connectivity index (χ1v) is 10.6. The highest BCUT2D eigenvalue weighted by atomic mass is 32.1. The molecule has 2 aromatic rings. The van der Waals surface area contributed by atoms with Gasteiger partial charge in [-0.15, -0.1) is 11.3 Å². The molecule has 0 aliphatic carbocycles. The van der Waals surface area contributed by atoms with Crippen molar-refractivity contribution in [3.8, 4) is 17.2 Å². The molecule has 1 fully saturated rings. The van der Waals surface area contributed by atoms with Crippen LogP contribution in [-0.2, 0) is 6.42 Å². The van der Waals surface area contributed by atoms with Gasteiger partial charge >= 0.3 is 0 Å². The number of hydrogen-bond donors (Lipinski definition) is 1. The van der Waals surface area contributed by atoms with Crippen molar-refractivity contribution in [1.29, 1.82) is 0 Å². The van der Waals surface area contributed by atoms with Crippen molar-refractivity contribution in [3.05, 3.63) is 35.2 Å². The van der Waals surface area contributed by atoms with Gasteiger partial charge < -0.3 is 29.3 Å². The Balaban J connectivity index is 1.57. The molecular formula is C21H30N4O3S. The Morgan fingerprint density at radius 1 is 1.07 bits per heavy atom. The minimum atomic E-state index is 0.717. The Morgan fingerprint density at radius 3 is 2.28 bits per heavy atom. The Morgan fingerprint density at radius 2 is 1.76 bits per heavy atom. The maximum atomic E-state index is 5.54. The number of guanidine groups is 1. The Bertz CT molecular complexity index is 777. The molecule has 0 unspecified atom stereocenters. The summed E-state index contributed by atoms with van der Waals surface area (Å²) in [6, 6.07) is 8.06. The molecule has 0 saturated carbocycles. The van der Waals surface area contributed by atoms with Gasteiger partial charge in [0.25, 0.3) is 0 Å². The highest BCUT2D eigenvalue weighted by Crippen LogP contribution is 2.34. The Labute approximate surface area is 176 Å². The number of ether oxygens (including phenoxy) is 3. The molecule has 0 radical (unpaired) electrons. The van der Waals surface area contributed by atoms with E-state index >= 15 is 0 Å². The monoisotopic (exact) mass is 418 g/mol. The number of aliphatic imine (C=N–C) groups is 1. The fraction of sp³-hybridized carbons (Fsp3) is 0.476. The number of nitrogens with zero attached hydrogens (tertiary/aromatic N) is 3. The third kappa shape index (κ3) is 5.06. The number of methoxy groups -OCH3 is 3. The molecule has 2 heterocycles. The summed E-state index contributed by atoms with van der Waals surface area (Å²) < 4.78 is 16.4. The lowest BCUT2D eigenvalue weighted by Crippen LogP contribution is -2.52. The van der Waals surface area contributed by atoms with Gasteiger partial charge in [0.15, 0.2) is 5.96 Å². The van der Waals surface area contributed by atoms with E-state index in [9.17, 15) is 0 Å². The molecule has 7 nitrogen and oxygen atoms in total. The van der Waals surface area contributed by atoms with E-state index in [4.69, 9.17) is 14.2 Å². The molecule has 158 valence electrons. The van der Waals surface area contributed by atoms with Gasteiger partial charge in [-0.25, -0.2) is 0 Å². The van der Waals surface area contributed by atoms with Crippen molar-refractivity contribution in [2.24, 2.45) is 4.99 Å². The van der Waals surface area contributed by atoms with Gasteiger partial charge in [-0.05, 0) is 23.9 Å². The van der Waals surface area contributed by atoms with Crippen LogP contribution >= 0.6 is 11.3 Å². The van der Waals surface area contributed by atoms with Crippen LogP contribution in [0.25, 0.3) is 0 Å². The summed E-state index contributed by atoms with van der Waals surface area (Å²) in [6.07, 6.45) is 0.754. The predicted octanol–water partition coefficient (Wildman–Crippen LogP) is 2.71. The third-order valence-corrected chi connectivity index (χ3v) is 6.01. The van der Waals surface area contributed by atoms with Crippen LogP contribution in [0.15, 0.2) is 34.6 Å². The number of rotatable bonds is 7. The lowest BCUT2D eigenvalue weighted by atomic mass is 10.1. The maximum Gasteiger partial charge on any atom is 0.193 e. The first-order chi connectivity index (χ1) is 14.2. The number of nitrogens with one attached hydrogen (secondary N) is 1. The zero-order chi connectivity index (χ0) is 20.6. The predicted molar refractivity (Wildman–Crippen MR) is 119 cm³/mol. The van der Waals surface area contributed by atoms with Gasteiger partial charge in [0.1, 0.15) is 17.2 Å². The lowest BCUT2D eigenvalue weighted by Gasteiger charge is -2.37. The highest BCUT2D eigenvalue weighted by Gasteiger charge is 2.20. The molecule has 0 bridgehead atoms. The van der Waals surface area contributed by atoms with Gasteiger partial charge in [-0.3, -0.25) is 4.99 Å². The van der Waals surface area contributed by atoms with Crippen LogP contribution in [0.5, 0.6) is 17.2 Å². The summed E-state index contributed by atoms with van der Waals surface area (Å²) in [7, 11) is 6.80. The molecule has 8 heteroatoms. The minimum absolute atomic E-state index is 0.717. The van der Waals surface area contributed by atoms with Gasteiger partial charge in [0.05, 0.1) is 26.3 Å². The topological polar surface area (TPSA) is 58.6 Å². The van der Waals surface area contributed by atoms with Crippen LogP contribution < -0.4 is 24.4 Å². The first-order valence-electron chi connectivity index (χ1n) is 9.73. The van der Waals surface area contributed by atoms with Crippen molar-refractivity contribution >= 4 is 22.3 Å². The standard InChI is InChI=1S/C21H30N4O3S/c1-22-21(25-11-9-24(10-12-25)20-6-5-13-29-20)23-8-7-17-18(27-3)14-16(26-2)15-19(17)28-4/h5-6,13-15H,7-12H2,1-4H3,(H,22,23). The Kier molecular flexibility index (Phi) is 7.46. The molecule has 29 heavy (non-hydrogen) atoms. The molecule has 1 saturated heterocycles. The van der Waals surface area contributed by atoms with E-state index in [-0.39, 0.29) is 0 Å². The molecule has 3 rings (SSSR count). The molecule has 1 aromatic carbocycles. The van der Waals surface area contributed by atoms with Crippen LogP contribution in [0.2, 0.25) is 0 Å². The summed E-state index contributed by atoms with van der Waals surface area (Å²) in [5.41, 5.74) is 1.02. The minimum Gasteiger partial charge on any atom is -0.496 e. The maximum absolute atomic E-state index is 5.54. The number of hydrogen-bond acceptors (Lipinski definition) is 6. The fourth-order valence-corrected chi connectivity index (χ4v) is 4.33. The summed E-state index contributed by atoms with van der Waals surface area (Å²) in [5, 5.41) is 6.95. The zero-order valence-electron chi connectivity index (χ0n) is 17.6. The molecule has 1 N–H and O–H groups in total. The van der Waals surface area contributed by atoms with Crippen LogP contribution in [0.3, 0.4) is 0 Å². The van der Waals surface area contributed by atoms with E-state index in [1.165, 1.54) is 5.00 Å². The van der Waals surface area contributed by atoms with E-state index in [1.807, 2.05) is 19.2 Å². The number of benzene rings is 1. The number of piperazine rings is 1. The average Bonchev–Trinajstić information content (AvgIpc) is 3.31. The van der Waals surface area contributed by atoms with Crippen LogP contribution in [0, 0.1) is 0 Å². The summed E-state index contributed by atoms with van der Waals surface area (Å²) in [5.74, 6) is 3.18. The molecule has 0 spiro atoms. The van der Waals surface area contributed by atoms with Crippen LogP contribution in [-0.4, -0.2) is 72.0 Å². The van der Waals surface area contributed by atoms with Crippen LogP contribution in [0.4, 0.5) is 5.00 Å². The normalized spacial score (nSPS) is 14.7. The van der Waals surface area contributed by atoms with Gasteiger partial charge in [-0.2, -0.15) is 0 Å². The summed E-state index contributed by atoms with van der Waals surface area (Å²) in [4.78, 5) is 9.22. The smallest absolute Gasteiger partial charge is 0.193 e.